The number of aromatic nitrogens is 3. The van der Waals surface area contributed by atoms with Crippen LogP contribution < -0.4 is 5.43 Å². The van der Waals surface area contributed by atoms with E-state index in [2.05, 4.69) is 20.7 Å². The van der Waals surface area contributed by atoms with Crippen LogP contribution in [0.3, 0.4) is 0 Å². The number of hydrogen-bond donors (Lipinski definition) is 1. The minimum Gasteiger partial charge on any atom is -0.272 e. The summed E-state index contributed by atoms with van der Waals surface area (Å²) in [6.45, 7) is 0. The van der Waals surface area contributed by atoms with Gasteiger partial charge in [0.05, 0.1) is 16.2 Å². The lowest BCUT2D eigenvalue weighted by Gasteiger charge is -2.10. The maximum Gasteiger partial charge on any atom is 0.276 e. The van der Waals surface area contributed by atoms with Crippen LogP contribution in [0.4, 0.5) is 5.69 Å². The highest BCUT2D eigenvalue weighted by atomic mass is 35.5. The van der Waals surface area contributed by atoms with E-state index in [4.69, 9.17) is 11.6 Å². The summed E-state index contributed by atoms with van der Waals surface area (Å²) in [5.41, 5.74) is 4.55. The van der Waals surface area contributed by atoms with Crippen LogP contribution in [0.2, 0.25) is 5.02 Å². The molecule has 0 fully saturated rings. The number of hydrogen-bond acceptors (Lipinski definition) is 7. The van der Waals surface area contributed by atoms with Crippen molar-refractivity contribution in [3.05, 3.63) is 106 Å². The van der Waals surface area contributed by atoms with Crippen LogP contribution >= 0.6 is 23.4 Å². The summed E-state index contributed by atoms with van der Waals surface area (Å²) in [6, 6.07) is 23.2. The van der Waals surface area contributed by atoms with Crippen LogP contribution in [0.25, 0.3) is 23.2 Å². The van der Waals surface area contributed by atoms with Crippen LogP contribution in [0.5, 0.6) is 0 Å². The number of nitrogens with one attached hydrogen (secondary N) is 1. The average Bonchev–Trinajstić information content (AvgIpc) is 3.32. The van der Waals surface area contributed by atoms with E-state index in [1.165, 1.54) is 30.1 Å². The van der Waals surface area contributed by atoms with Gasteiger partial charge < -0.3 is 0 Å². The van der Waals surface area contributed by atoms with Gasteiger partial charge in [-0.2, -0.15) is 5.10 Å². The SMILES string of the molecule is O=C(CSc1nnc(-c2ccccc2)n1-c1ccc(Cl)cc1)N/N=C\C=C/c1ccccc1[N+](=O)[O-]. The first kappa shape index (κ1) is 24.8. The molecule has 0 spiro atoms. The second kappa shape index (κ2) is 11.9. The first-order valence-corrected chi connectivity index (χ1v) is 12.0. The molecule has 4 aromatic rings. The number of rotatable bonds is 9. The number of thioether (sulfide) groups is 1. The van der Waals surface area contributed by atoms with Gasteiger partial charge >= 0.3 is 0 Å². The molecule has 0 aliphatic heterocycles. The van der Waals surface area contributed by atoms with E-state index < -0.39 is 4.92 Å². The quantitative estimate of drug-likeness (QED) is 0.137. The molecular formula is C25H19ClN6O3S. The lowest BCUT2D eigenvalue weighted by molar-refractivity contribution is -0.385. The van der Waals surface area contributed by atoms with E-state index in [0.29, 0.717) is 21.6 Å². The summed E-state index contributed by atoms with van der Waals surface area (Å²) in [4.78, 5) is 22.9. The Hall–Kier alpha value is -4.28. The summed E-state index contributed by atoms with van der Waals surface area (Å²) in [7, 11) is 0. The lowest BCUT2D eigenvalue weighted by Crippen LogP contribution is -2.19. The number of hydrazone groups is 1. The maximum absolute atomic E-state index is 12.3. The third kappa shape index (κ3) is 6.23. The summed E-state index contributed by atoms with van der Waals surface area (Å²) >= 11 is 7.27. The van der Waals surface area contributed by atoms with Gasteiger partial charge in [0, 0.05) is 28.6 Å². The number of halogens is 1. The Morgan fingerprint density at radius 3 is 2.53 bits per heavy atom. The van der Waals surface area contributed by atoms with Gasteiger partial charge in [0.15, 0.2) is 11.0 Å². The molecule has 1 amide bonds. The second-order valence-electron chi connectivity index (χ2n) is 7.26. The first-order valence-electron chi connectivity index (χ1n) is 10.6. The van der Waals surface area contributed by atoms with Crippen LogP contribution in [-0.4, -0.2) is 37.6 Å². The molecule has 0 atom stereocenters. The molecule has 36 heavy (non-hydrogen) atoms. The highest BCUT2D eigenvalue weighted by Crippen LogP contribution is 2.28. The Labute approximate surface area is 215 Å². The fraction of sp³-hybridized carbons (Fsp3) is 0.0400. The molecule has 3 aromatic carbocycles. The van der Waals surface area contributed by atoms with Crippen molar-refractivity contribution in [3.8, 4) is 17.1 Å². The van der Waals surface area contributed by atoms with Crippen molar-refractivity contribution in [2.75, 3.05) is 5.75 Å². The molecule has 1 N–H and O–H groups in total. The predicted molar refractivity (Wildman–Crippen MR) is 141 cm³/mol. The van der Waals surface area contributed by atoms with Gasteiger partial charge in [-0.15, -0.1) is 10.2 Å². The van der Waals surface area contributed by atoms with Crippen molar-refractivity contribution in [1.29, 1.82) is 0 Å². The van der Waals surface area contributed by atoms with E-state index in [-0.39, 0.29) is 17.3 Å². The topological polar surface area (TPSA) is 115 Å². The van der Waals surface area contributed by atoms with Gasteiger partial charge in [-0.3, -0.25) is 19.5 Å². The number of amides is 1. The molecule has 1 aromatic heterocycles. The van der Waals surface area contributed by atoms with Crippen molar-refractivity contribution in [2.45, 2.75) is 5.16 Å². The Bertz CT molecular complexity index is 1420. The Morgan fingerprint density at radius 1 is 1.06 bits per heavy atom. The number of carbonyl (C=O) groups is 1. The molecule has 0 unspecified atom stereocenters. The number of nitro groups is 1. The standard InChI is InChI=1S/C25H19ClN6O3S/c26-20-12-14-21(15-13-20)31-24(19-8-2-1-3-9-19)29-30-25(31)36-17-23(33)28-27-16-6-10-18-7-4-5-11-22(18)32(34)35/h1-16H,17H2,(H,28,33)/b10-6-,27-16-. The Balaban J connectivity index is 1.42. The van der Waals surface area contributed by atoms with E-state index in [0.717, 1.165) is 11.3 Å². The number of allylic oxidation sites excluding steroid dienone is 1. The normalized spacial score (nSPS) is 11.2. The van der Waals surface area contributed by atoms with Gasteiger partial charge in [0.1, 0.15) is 0 Å². The van der Waals surface area contributed by atoms with Crippen molar-refractivity contribution in [2.24, 2.45) is 5.10 Å². The number of carbonyl (C=O) groups excluding carboxylic acids is 1. The second-order valence-corrected chi connectivity index (χ2v) is 8.64. The fourth-order valence-electron chi connectivity index (χ4n) is 3.22. The van der Waals surface area contributed by atoms with Gasteiger partial charge in [-0.1, -0.05) is 65.8 Å². The molecule has 1 heterocycles. The Morgan fingerprint density at radius 2 is 1.78 bits per heavy atom. The largest absolute Gasteiger partial charge is 0.276 e. The van der Waals surface area contributed by atoms with Gasteiger partial charge in [-0.05, 0) is 42.5 Å². The lowest BCUT2D eigenvalue weighted by atomic mass is 10.2. The highest BCUT2D eigenvalue weighted by molar-refractivity contribution is 7.99. The van der Waals surface area contributed by atoms with Crippen LogP contribution in [0.1, 0.15) is 5.56 Å². The summed E-state index contributed by atoms with van der Waals surface area (Å²) in [5.74, 6) is 0.340. The van der Waals surface area contributed by atoms with E-state index in [1.807, 2.05) is 47.0 Å². The molecular weight excluding hydrogens is 500 g/mol. The summed E-state index contributed by atoms with van der Waals surface area (Å²) < 4.78 is 1.86. The molecule has 0 saturated carbocycles. The minimum absolute atomic E-state index is 0.0118. The summed E-state index contributed by atoms with van der Waals surface area (Å²) in [6.07, 6.45) is 4.41. The zero-order chi connectivity index (χ0) is 25.3. The monoisotopic (exact) mass is 518 g/mol. The van der Waals surface area contributed by atoms with Gasteiger partial charge in [-0.25, -0.2) is 5.43 Å². The van der Waals surface area contributed by atoms with E-state index in [1.54, 1.807) is 36.4 Å². The van der Waals surface area contributed by atoms with E-state index >= 15 is 0 Å². The molecule has 0 saturated heterocycles. The van der Waals surface area contributed by atoms with Crippen molar-refractivity contribution in [1.82, 2.24) is 20.2 Å². The highest BCUT2D eigenvalue weighted by Gasteiger charge is 2.17. The van der Waals surface area contributed by atoms with E-state index in [9.17, 15) is 14.9 Å². The number of benzene rings is 3. The minimum atomic E-state index is -0.457. The van der Waals surface area contributed by atoms with Crippen molar-refractivity contribution >= 4 is 47.2 Å². The first-order chi connectivity index (χ1) is 17.5. The average molecular weight is 519 g/mol. The molecule has 0 aliphatic rings. The zero-order valence-electron chi connectivity index (χ0n) is 18.7. The number of nitro benzene ring substituents is 1. The Kier molecular flexibility index (Phi) is 8.22. The third-order valence-electron chi connectivity index (χ3n) is 4.84. The molecule has 0 aliphatic carbocycles. The molecule has 180 valence electrons. The van der Waals surface area contributed by atoms with Crippen molar-refractivity contribution < 1.29 is 9.72 Å². The van der Waals surface area contributed by atoms with Gasteiger partial charge in [0.25, 0.3) is 11.6 Å². The fourth-order valence-corrected chi connectivity index (χ4v) is 4.09. The smallest absolute Gasteiger partial charge is 0.272 e. The molecule has 0 radical (unpaired) electrons. The number of nitrogens with zero attached hydrogens (tertiary/aromatic N) is 5. The summed E-state index contributed by atoms with van der Waals surface area (Å²) in [5, 5.41) is 24.7. The molecule has 0 bridgehead atoms. The van der Waals surface area contributed by atoms with Crippen LogP contribution in [-0.2, 0) is 4.79 Å². The zero-order valence-corrected chi connectivity index (χ0v) is 20.3. The third-order valence-corrected chi connectivity index (χ3v) is 6.02. The van der Waals surface area contributed by atoms with Crippen LogP contribution in [0.15, 0.2) is 95.2 Å². The molecule has 4 rings (SSSR count). The molecule has 11 heteroatoms. The maximum atomic E-state index is 12.3. The molecule has 9 nitrogen and oxygen atoms in total. The predicted octanol–water partition coefficient (Wildman–Crippen LogP) is 5.40. The van der Waals surface area contributed by atoms with Gasteiger partial charge in [0.2, 0.25) is 0 Å². The van der Waals surface area contributed by atoms with Crippen molar-refractivity contribution in [3.63, 3.8) is 0 Å². The number of para-hydroxylation sites is 1. The van der Waals surface area contributed by atoms with Crippen LogP contribution in [0, 0.1) is 10.1 Å².